The zero-order valence-electron chi connectivity index (χ0n) is 12.1. The summed E-state index contributed by atoms with van der Waals surface area (Å²) < 4.78 is 5.41. The Balaban J connectivity index is 2.83. The predicted octanol–water partition coefficient (Wildman–Crippen LogP) is 2.94. The first-order valence-electron chi connectivity index (χ1n) is 6.66. The lowest BCUT2D eigenvalue weighted by Gasteiger charge is -2.31. The number of hydrogen-bond acceptors (Lipinski definition) is 3. The van der Waals surface area contributed by atoms with Gasteiger partial charge in [-0.3, -0.25) is 9.69 Å². The Hall–Kier alpha value is -1.55. The molecule has 0 amide bonds. The first-order chi connectivity index (χ1) is 8.95. The Morgan fingerprint density at radius 2 is 1.84 bits per heavy atom. The summed E-state index contributed by atoms with van der Waals surface area (Å²) >= 11 is 0. The fourth-order valence-corrected chi connectivity index (χ4v) is 2.12. The second-order valence-corrected chi connectivity index (χ2v) is 4.84. The van der Waals surface area contributed by atoms with E-state index in [0.717, 1.165) is 11.3 Å². The second kappa shape index (κ2) is 7.14. The van der Waals surface area contributed by atoms with Gasteiger partial charge in [-0.1, -0.05) is 12.1 Å². The maximum Gasteiger partial charge on any atom is 0.317 e. The lowest BCUT2D eigenvalue weighted by Crippen LogP contribution is -2.37. The van der Waals surface area contributed by atoms with Crippen molar-refractivity contribution in [3.05, 3.63) is 29.8 Å². The highest BCUT2D eigenvalue weighted by Gasteiger charge is 2.21. The third kappa shape index (κ3) is 4.56. The number of carboxylic acids is 1. The van der Waals surface area contributed by atoms with Gasteiger partial charge >= 0.3 is 5.97 Å². The lowest BCUT2D eigenvalue weighted by atomic mass is 10.1. The monoisotopic (exact) mass is 265 g/mol. The van der Waals surface area contributed by atoms with Gasteiger partial charge in [0.05, 0.1) is 13.2 Å². The molecule has 0 radical (unpaired) electrons. The molecule has 0 saturated carbocycles. The van der Waals surface area contributed by atoms with E-state index in [1.807, 2.05) is 56.9 Å². The van der Waals surface area contributed by atoms with E-state index in [2.05, 4.69) is 0 Å². The van der Waals surface area contributed by atoms with Crippen molar-refractivity contribution >= 4 is 5.97 Å². The molecule has 0 saturated heterocycles. The normalized spacial score (nSPS) is 12.7. The van der Waals surface area contributed by atoms with E-state index in [1.165, 1.54) is 0 Å². The Labute approximate surface area is 115 Å². The molecule has 0 fully saturated rings. The second-order valence-electron chi connectivity index (χ2n) is 4.84. The third-order valence-electron chi connectivity index (χ3n) is 3.15. The SMILES string of the molecule is CCOc1ccc(C(C)N(CC(=O)O)C(C)C)cc1. The zero-order chi connectivity index (χ0) is 14.4. The van der Waals surface area contributed by atoms with Gasteiger partial charge in [0.25, 0.3) is 0 Å². The van der Waals surface area contributed by atoms with Crippen LogP contribution in [0.1, 0.15) is 39.3 Å². The number of aliphatic carboxylic acids is 1. The van der Waals surface area contributed by atoms with E-state index in [0.29, 0.717) is 6.61 Å². The molecule has 0 spiro atoms. The van der Waals surface area contributed by atoms with Crippen molar-refractivity contribution < 1.29 is 14.6 Å². The molecule has 0 aliphatic carbocycles. The summed E-state index contributed by atoms with van der Waals surface area (Å²) in [4.78, 5) is 12.9. The summed E-state index contributed by atoms with van der Waals surface area (Å²) in [6, 6.07) is 8.08. The molecule has 0 aliphatic heterocycles. The van der Waals surface area contributed by atoms with Crippen molar-refractivity contribution in [2.75, 3.05) is 13.2 Å². The fourth-order valence-electron chi connectivity index (χ4n) is 2.12. The highest BCUT2D eigenvalue weighted by molar-refractivity contribution is 5.69. The molecule has 1 aromatic rings. The molecule has 4 nitrogen and oxygen atoms in total. The molecule has 1 unspecified atom stereocenters. The minimum atomic E-state index is -0.800. The molecule has 0 bridgehead atoms. The third-order valence-corrected chi connectivity index (χ3v) is 3.15. The molecule has 1 N–H and O–H groups in total. The van der Waals surface area contributed by atoms with Crippen LogP contribution in [0.2, 0.25) is 0 Å². The topological polar surface area (TPSA) is 49.8 Å². The van der Waals surface area contributed by atoms with Crippen LogP contribution in [0.15, 0.2) is 24.3 Å². The quantitative estimate of drug-likeness (QED) is 0.823. The van der Waals surface area contributed by atoms with Crippen LogP contribution in [-0.2, 0) is 4.79 Å². The molecule has 1 aromatic carbocycles. The molecule has 0 aliphatic rings. The average molecular weight is 265 g/mol. The van der Waals surface area contributed by atoms with Crippen LogP contribution < -0.4 is 4.74 Å². The number of carbonyl (C=O) groups is 1. The zero-order valence-corrected chi connectivity index (χ0v) is 12.1. The standard InChI is InChI=1S/C15H23NO3/c1-5-19-14-8-6-13(7-9-14)12(4)16(11(2)3)10-15(17)18/h6-9,11-12H,5,10H2,1-4H3,(H,17,18). The summed E-state index contributed by atoms with van der Waals surface area (Å²) in [5.74, 6) is 0.0410. The smallest absolute Gasteiger partial charge is 0.317 e. The molecular formula is C15H23NO3. The van der Waals surface area contributed by atoms with Gasteiger partial charge in [-0.2, -0.15) is 0 Å². The van der Waals surface area contributed by atoms with Gasteiger partial charge in [0.2, 0.25) is 0 Å². The van der Waals surface area contributed by atoms with Crippen LogP contribution in [0.4, 0.5) is 0 Å². The maximum absolute atomic E-state index is 10.9. The van der Waals surface area contributed by atoms with Crippen LogP contribution >= 0.6 is 0 Å². The van der Waals surface area contributed by atoms with E-state index in [-0.39, 0.29) is 18.6 Å². The average Bonchev–Trinajstić information content (AvgIpc) is 2.36. The minimum Gasteiger partial charge on any atom is -0.494 e. The molecule has 0 aromatic heterocycles. The van der Waals surface area contributed by atoms with Crippen molar-refractivity contribution in [1.29, 1.82) is 0 Å². The Morgan fingerprint density at radius 3 is 2.26 bits per heavy atom. The van der Waals surface area contributed by atoms with Gasteiger partial charge < -0.3 is 9.84 Å². The van der Waals surface area contributed by atoms with Crippen molar-refractivity contribution in [2.45, 2.75) is 39.8 Å². The summed E-state index contributed by atoms with van der Waals surface area (Å²) in [5.41, 5.74) is 1.10. The van der Waals surface area contributed by atoms with E-state index in [9.17, 15) is 4.79 Å². The van der Waals surface area contributed by atoms with E-state index >= 15 is 0 Å². The first-order valence-corrected chi connectivity index (χ1v) is 6.66. The number of ether oxygens (including phenoxy) is 1. The first kappa shape index (κ1) is 15.5. The lowest BCUT2D eigenvalue weighted by molar-refractivity contribution is -0.139. The largest absolute Gasteiger partial charge is 0.494 e. The van der Waals surface area contributed by atoms with Gasteiger partial charge in [-0.05, 0) is 45.4 Å². The highest BCUT2D eigenvalue weighted by Crippen LogP contribution is 2.24. The van der Waals surface area contributed by atoms with Gasteiger partial charge in [0.1, 0.15) is 5.75 Å². The molecular weight excluding hydrogens is 242 g/mol. The minimum absolute atomic E-state index is 0.0477. The summed E-state index contributed by atoms with van der Waals surface area (Å²) in [5, 5.41) is 8.98. The van der Waals surface area contributed by atoms with Crippen LogP contribution in [-0.4, -0.2) is 35.2 Å². The van der Waals surface area contributed by atoms with Crippen LogP contribution in [0.25, 0.3) is 0 Å². The van der Waals surface area contributed by atoms with Crippen molar-refractivity contribution in [3.8, 4) is 5.75 Å². The molecule has 106 valence electrons. The molecule has 0 heterocycles. The Bertz CT molecular complexity index is 400. The molecule has 4 heteroatoms. The number of rotatable bonds is 7. The summed E-state index contributed by atoms with van der Waals surface area (Å²) in [7, 11) is 0. The summed E-state index contributed by atoms with van der Waals surface area (Å²) in [6.07, 6.45) is 0. The van der Waals surface area contributed by atoms with Crippen molar-refractivity contribution in [2.24, 2.45) is 0 Å². The van der Waals surface area contributed by atoms with E-state index in [4.69, 9.17) is 9.84 Å². The van der Waals surface area contributed by atoms with Gasteiger partial charge in [0, 0.05) is 12.1 Å². The molecule has 1 rings (SSSR count). The number of benzene rings is 1. The predicted molar refractivity (Wildman–Crippen MR) is 75.5 cm³/mol. The van der Waals surface area contributed by atoms with E-state index in [1.54, 1.807) is 0 Å². The van der Waals surface area contributed by atoms with Crippen molar-refractivity contribution in [1.82, 2.24) is 4.90 Å². The van der Waals surface area contributed by atoms with E-state index < -0.39 is 5.97 Å². The van der Waals surface area contributed by atoms with Gasteiger partial charge in [-0.15, -0.1) is 0 Å². The van der Waals surface area contributed by atoms with Crippen LogP contribution in [0, 0.1) is 0 Å². The highest BCUT2D eigenvalue weighted by atomic mass is 16.5. The molecule has 1 atom stereocenters. The summed E-state index contributed by atoms with van der Waals surface area (Å²) in [6.45, 7) is 8.68. The molecule has 19 heavy (non-hydrogen) atoms. The number of nitrogens with zero attached hydrogens (tertiary/aromatic N) is 1. The Morgan fingerprint density at radius 1 is 1.26 bits per heavy atom. The fraction of sp³-hybridized carbons (Fsp3) is 0.533. The van der Waals surface area contributed by atoms with Gasteiger partial charge in [-0.25, -0.2) is 0 Å². The Kier molecular flexibility index (Phi) is 5.83. The van der Waals surface area contributed by atoms with Gasteiger partial charge in [0.15, 0.2) is 0 Å². The maximum atomic E-state index is 10.9. The van der Waals surface area contributed by atoms with Crippen molar-refractivity contribution in [3.63, 3.8) is 0 Å². The van der Waals surface area contributed by atoms with Crippen LogP contribution in [0.3, 0.4) is 0 Å². The number of carboxylic acid groups (broad SMARTS) is 1. The van der Waals surface area contributed by atoms with Crippen LogP contribution in [0.5, 0.6) is 5.75 Å². The number of hydrogen-bond donors (Lipinski definition) is 1.